The van der Waals surface area contributed by atoms with Gasteiger partial charge < -0.3 is 5.32 Å². The third-order valence-corrected chi connectivity index (χ3v) is 3.84. The number of thioether (sulfide) groups is 1. The molecule has 112 valence electrons. The van der Waals surface area contributed by atoms with E-state index in [0.717, 1.165) is 16.1 Å². The van der Waals surface area contributed by atoms with Crippen molar-refractivity contribution < 1.29 is 4.79 Å². The fourth-order valence-corrected chi connectivity index (χ4v) is 2.64. The van der Waals surface area contributed by atoms with Crippen LogP contribution in [0.2, 0.25) is 0 Å². The highest BCUT2D eigenvalue weighted by Gasteiger charge is 2.05. The molecule has 1 amide bonds. The fourth-order valence-electron chi connectivity index (χ4n) is 1.77. The number of benzene rings is 1. The van der Waals surface area contributed by atoms with Gasteiger partial charge in [0, 0.05) is 42.0 Å². The summed E-state index contributed by atoms with van der Waals surface area (Å²) >= 11 is 1.56. The first-order valence-electron chi connectivity index (χ1n) is 6.75. The van der Waals surface area contributed by atoms with Crippen LogP contribution in [0, 0.1) is 11.3 Å². The Bertz CT molecular complexity index is 715. The fraction of sp³-hybridized carbons (Fsp3) is 0.188. The molecule has 1 aromatic carbocycles. The van der Waals surface area contributed by atoms with Crippen molar-refractivity contribution in [3.05, 3.63) is 48.3 Å². The molecule has 0 aliphatic rings. The maximum Gasteiger partial charge on any atom is 0.248 e. The van der Waals surface area contributed by atoms with Gasteiger partial charge in [-0.1, -0.05) is 12.1 Å². The molecule has 0 atom stereocenters. The molecule has 1 aromatic heterocycles. The van der Waals surface area contributed by atoms with Crippen LogP contribution in [-0.2, 0) is 11.8 Å². The first-order chi connectivity index (χ1) is 10.7. The molecule has 0 spiro atoms. The van der Waals surface area contributed by atoms with Crippen LogP contribution in [0.15, 0.2) is 47.6 Å². The summed E-state index contributed by atoms with van der Waals surface area (Å²) in [5.41, 5.74) is 1.63. The van der Waals surface area contributed by atoms with Crippen LogP contribution in [0.3, 0.4) is 0 Å². The Hall–Kier alpha value is -2.52. The van der Waals surface area contributed by atoms with Crippen molar-refractivity contribution >= 4 is 29.4 Å². The summed E-state index contributed by atoms with van der Waals surface area (Å²) in [4.78, 5) is 12.9. The summed E-state index contributed by atoms with van der Waals surface area (Å²) in [6, 6.07) is 9.68. The molecule has 0 bridgehead atoms. The van der Waals surface area contributed by atoms with E-state index in [0.29, 0.717) is 12.2 Å². The quantitative estimate of drug-likeness (QED) is 0.505. The van der Waals surface area contributed by atoms with Gasteiger partial charge in [-0.25, -0.2) is 0 Å². The number of nitrogens with one attached hydrogen (secondary N) is 1. The third kappa shape index (κ3) is 4.79. The third-order valence-electron chi connectivity index (χ3n) is 2.77. The standard InChI is InChI=1S/C16H16N4OS/c1-20-12-13(11-18-20)7-8-16(21)19-14-5-2-3-6-15(14)22-10-4-9-17/h2-3,5-8,11-12H,4,10H2,1H3,(H,19,21). The van der Waals surface area contributed by atoms with Crippen LogP contribution in [0.1, 0.15) is 12.0 Å². The van der Waals surface area contributed by atoms with Gasteiger partial charge in [-0.15, -0.1) is 11.8 Å². The number of aromatic nitrogens is 2. The lowest BCUT2D eigenvalue weighted by Gasteiger charge is -2.08. The van der Waals surface area contributed by atoms with E-state index >= 15 is 0 Å². The molecule has 2 aromatic rings. The highest BCUT2D eigenvalue weighted by atomic mass is 32.2. The number of hydrogen-bond donors (Lipinski definition) is 1. The minimum Gasteiger partial charge on any atom is -0.321 e. The van der Waals surface area contributed by atoms with Gasteiger partial charge in [0.2, 0.25) is 5.91 Å². The predicted molar refractivity (Wildman–Crippen MR) is 88.3 cm³/mol. The summed E-state index contributed by atoms with van der Waals surface area (Å²) < 4.78 is 1.68. The largest absolute Gasteiger partial charge is 0.321 e. The Morgan fingerprint density at radius 3 is 3.05 bits per heavy atom. The number of anilines is 1. The zero-order valence-corrected chi connectivity index (χ0v) is 13.0. The van der Waals surface area contributed by atoms with Gasteiger partial charge in [0.05, 0.1) is 18.0 Å². The molecule has 2 rings (SSSR count). The Morgan fingerprint density at radius 2 is 2.32 bits per heavy atom. The molecule has 0 unspecified atom stereocenters. The number of hydrogen-bond acceptors (Lipinski definition) is 4. The predicted octanol–water partition coefficient (Wildman–Crippen LogP) is 3.08. The van der Waals surface area contributed by atoms with Crippen LogP contribution < -0.4 is 5.32 Å². The number of rotatable bonds is 6. The average Bonchev–Trinajstić information content (AvgIpc) is 2.93. The Kier molecular flexibility index (Phi) is 5.81. The molecule has 22 heavy (non-hydrogen) atoms. The van der Waals surface area contributed by atoms with Crippen LogP contribution in [-0.4, -0.2) is 21.4 Å². The van der Waals surface area contributed by atoms with Crippen molar-refractivity contribution in [3.63, 3.8) is 0 Å². The lowest BCUT2D eigenvalue weighted by molar-refractivity contribution is -0.111. The second-order valence-corrected chi connectivity index (χ2v) is 5.66. The minimum atomic E-state index is -0.197. The van der Waals surface area contributed by atoms with Gasteiger partial charge in [-0.2, -0.15) is 10.4 Å². The Labute approximate surface area is 133 Å². The summed E-state index contributed by atoms with van der Waals surface area (Å²) in [6.07, 6.45) is 7.19. The Balaban J connectivity index is 1.99. The van der Waals surface area contributed by atoms with E-state index in [4.69, 9.17) is 5.26 Å². The number of nitrogens with zero attached hydrogens (tertiary/aromatic N) is 3. The van der Waals surface area contributed by atoms with Crippen LogP contribution in [0.5, 0.6) is 0 Å². The molecular weight excluding hydrogens is 296 g/mol. The maximum atomic E-state index is 12.0. The molecule has 0 aliphatic heterocycles. The van der Waals surface area contributed by atoms with Crippen molar-refractivity contribution in [3.8, 4) is 6.07 Å². The summed E-state index contributed by atoms with van der Waals surface area (Å²) in [5, 5.41) is 15.5. The van der Waals surface area contributed by atoms with Crippen LogP contribution >= 0.6 is 11.8 Å². The van der Waals surface area contributed by atoms with Crippen molar-refractivity contribution in [1.82, 2.24) is 9.78 Å². The number of aryl methyl sites for hydroxylation is 1. The van der Waals surface area contributed by atoms with Gasteiger partial charge in [0.15, 0.2) is 0 Å². The molecular formula is C16H16N4OS. The highest BCUT2D eigenvalue weighted by Crippen LogP contribution is 2.27. The van der Waals surface area contributed by atoms with Gasteiger partial charge in [-0.3, -0.25) is 9.48 Å². The molecule has 5 nitrogen and oxygen atoms in total. The summed E-state index contributed by atoms with van der Waals surface area (Å²) in [7, 11) is 1.83. The van der Waals surface area contributed by atoms with E-state index in [1.54, 1.807) is 28.7 Å². The second-order valence-electron chi connectivity index (χ2n) is 4.52. The smallest absolute Gasteiger partial charge is 0.248 e. The summed E-state index contributed by atoms with van der Waals surface area (Å²) in [5.74, 6) is 0.506. The lowest BCUT2D eigenvalue weighted by Crippen LogP contribution is -2.08. The zero-order valence-electron chi connectivity index (χ0n) is 12.2. The number of carbonyl (C=O) groups is 1. The topological polar surface area (TPSA) is 70.7 Å². The van der Waals surface area contributed by atoms with Gasteiger partial charge >= 0.3 is 0 Å². The first kappa shape index (κ1) is 15.9. The maximum absolute atomic E-state index is 12.0. The molecule has 1 heterocycles. The summed E-state index contributed by atoms with van der Waals surface area (Å²) in [6.45, 7) is 0. The lowest BCUT2D eigenvalue weighted by atomic mass is 10.3. The number of para-hydroxylation sites is 1. The van der Waals surface area contributed by atoms with E-state index in [9.17, 15) is 4.79 Å². The molecule has 0 aliphatic carbocycles. The van der Waals surface area contributed by atoms with Gasteiger partial charge in [0.25, 0.3) is 0 Å². The van der Waals surface area contributed by atoms with Crippen molar-refractivity contribution in [1.29, 1.82) is 5.26 Å². The monoisotopic (exact) mass is 312 g/mol. The van der Waals surface area contributed by atoms with E-state index in [1.165, 1.54) is 6.08 Å². The van der Waals surface area contributed by atoms with Gasteiger partial charge in [-0.05, 0) is 18.2 Å². The van der Waals surface area contributed by atoms with E-state index in [2.05, 4.69) is 16.5 Å². The molecule has 0 radical (unpaired) electrons. The SMILES string of the molecule is Cn1cc(C=CC(=O)Nc2ccccc2SCCC#N)cn1. The van der Waals surface area contributed by atoms with E-state index in [-0.39, 0.29) is 5.91 Å². The van der Waals surface area contributed by atoms with Crippen LogP contribution in [0.4, 0.5) is 5.69 Å². The van der Waals surface area contributed by atoms with Crippen molar-refractivity contribution in [2.24, 2.45) is 7.05 Å². The number of amides is 1. The molecule has 6 heteroatoms. The first-order valence-corrected chi connectivity index (χ1v) is 7.74. The second kappa shape index (κ2) is 8.05. The molecule has 0 saturated heterocycles. The van der Waals surface area contributed by atoms with Crippen molar-refractivity contribution in [2.75, 3.05) is 11.1 Å². The molecule has 0 fully saturated rings. The number of carbonyl (C=O) groups excluding carboxylic acids is 1. The molecule has 1 N–H and O–H groups in total. The normalized spacial score (nSPS) is 10.5. The van der Waals surface area contributed by atoms with Crippen molar-refractivity contribution in [2.45, 2.75) is 11.3 Å². The van der Waals surface area contributed by atoms with Gasteiger partial charge in [0.1, 0.15) is 0 Å². The highest BCUT2D eigenvalue weighted by molar-refractivity contribution is 7.99. The Morgan fingerprint density at radius 1 is 1.50 bits per heavy atom. The number of nitriles is 1. The van der Waals surface area contributed by atoms with E-state index in [1.807, 2.05) is 37.5 Å². The van der Waals surface area contributed by atoms with E-state index < -0.39 is 0 Å². The average molecular weight is 312 g/mol. The molecule has 0 saturated carbocycles. The minimum absolute atomic E-state index is 0.197. The van der Waals surface area contributed by atoms with Crippen LogP contribution in [0.25, 0.3) is 6.08 Å². The zero-order chi connectivity index (χ0) is 15.8.